The molecule has 1 aromatic heterocycles. The summed E-state index contributed by atoms with van der Waals surface area (Å²) >= 11 is 0. The van der Waals surface area contributed by atoms with Gasteiger partial charge in [-0.3, -0.25) is 4.21 Å². The van der Waals surface area contributed by atoms with E-state index >= 15 is 0 Å². The second kappa shape index (κ2) is 7.70. The van der Waals surface area contributed by atoms with Crippen LogP contribution in [0.3, 0.4) is 0 Å². The zero-order chi connectivity index (χ0) is 16.1. The van der Waals surface area contributed by atoms with Crippen molar-refractivity contribution in [2.45, 2.75) is 6.42 Å². The van der Waals surface area contributed by atoms with E-state index in [9.17, 15) is 4.21 Å². The van der Waals surface area contributed by atoms with Crippen LogP contribution in [0.2, 0.25) is 0 Å². The highest BCUT2D eigenvalue weighted by Gasteiger charge is 2.18. The number of fused-ring (bicyclic) bond motifs is 1. The minimum atomic E-state index is -0.758. The molecular formula is C16H22N4O2S. The lowest BCUT2D eigenvalue weighted by Crippen LogP contribution is -2.37. The van der Waals surface area contributed by atoms with Gasteiger partial charge in [-0.25, -0.2) is 9.97 Å². The van der Waals surface area contributed by atoms with Crippen molar-refractivity contribution in [3.05, 3.63) is 24.3 Å². The van der Waals surface area contributed by atoms with Gasteiger partial charge < -0.3 is 15.0 Å². The molecule has 1 N–H and O–H groups in total. The standard InChI is InChI=1S/C16H22N4O2S/c1-23(21)12-4-7-17-15-16(20-8-10-22-11-9-20)19-14-6-3-2-5-13(14)18-15/h2-3,5-6H,4,7-12H2,1H3,(H,17,18). The normalized spacial score (nSPS) is 16.5. The quantitative estimate of drug-likeness (QED) is 0.810. The summed E-state index contributed by atoms with van der Waals surface area (Å²) in [6.07, 6.45) is 2.58. The largest absolute Gasteiger partial charge is 0.378 e. The van der Waals surface area contributed by atoms with E-state index in [-0.39, 0.29) is 0 Å². The Kier molecular flexibility index (Phi) is 5.40. The third kappa shape index (κ3) is 4.17. The monoisotopic (exact) mass is 334 g/mol. The molecule has 0 saturated carbocycles. The summed E-state index contributed by atoms with van der Waals surface area (Å²) in [6, 6.07) is 7.90. The molecule has 0 bridgehead atoms. The molecule has 0 radical (unpaired) electrons. The fraction of sp³-hybridized carbons (Fsp3) is 0.500. The summed E-state index contributed by atoms with van der Waals surface area (Å²) in [5.41, 5.74) is 1.78. The molecule has 1 fully saturated rings. The molecule has 1 aliphatic heterocycles. The number of ether oxygens (including phenoxy) is 1. The Morgan fingerprint density at radius 1 is 1.22 bits per heavy atom. The summed E-state index contributed by atoms with van der Waals surface area (Å²) in [5, 5.41) is 3.37. The minimum Gasteiger partial charge on any atom is -0.378 e. The number of nitrogens with zero attached hydrogens (tertiary/aromatic N) is 3. The molecule has 23 heavy (non-hydrogen) atoms. The molecule has 1 aromatic carbocycles. The molecular weight excluding hydrogens is 312 g/mol. The van der Waals surface area contributed by atoms with E-state index in [0.717, 1.165) is 48.7 Å². The number of anilines is 2. The number of aromatic nitrogens is 2. The highest BCUT2D eigenvalue weighted by Crippen LogP contribution is 2.25. The maximum atomic E-state index is 11.2. The number of nitrogens with one attached hydrogen (secondary N) is 1. The van der Waals surface area contributed by atoms with Crippen molar-refractivity contribution in [1.29, 1.82) is 0 Å². The van der Waals surface area contributed by atoms with Gasteiger partial charge in [-0.15, -0.1) is 0 Å². The van der Waals surface area contributed by atoms with Crippen LogP contribution in [0, 0.1) is 0 Å². The molecule has 7 heteroatoms. The second-order valence-electron chi connectivity index (χ2n) is 5.54. The molecule has 1 atom stereocenters. The van der Waals surface area contributed by atoms with E-state index < -0.39 is 10.8 Å². The van der Waals surface area contributed by atoms with E-state index in [1.807, 2.05) is 24.3 Å². The van der Waals surface area contributed by atoms with Crippen molar-refractivity contribution < 1.29 is 8.95 Å². The van der Waals surface area contributed by atoms with Gasteiger partial charge in [0.1, 0.15) is 0 Å². The van der Waals surface area contributed by atoms with Gasteiger partial charge in [-0.05, 0) is 18.6 Å². The first-order valence-corrected chi connectivity index (χ1v) is 9.60. The number of hydrogen-bond acceptors (Lipinski definition) is 6. The average molecular weight is 334 g/mol. The third-order valence-electron chi connectivity index (χ3n) is 3.76. The van der Waals surface area contributed by atoms with Crippen LogP contribution in [0.15, 0.2) is 24.3 Å². The van der Waals surface area contributed by atoms with E-state index in [1.54, 1.807) is 6.26 Å². The lowest BCUT2D eigenvalue weighted by atomic mass is 10.3. The van der Waals surface area contributed by atoms with Crippen molar-refractivity contribution in [2.24, 2.45) is 0 Å². The van der Waals surface area contributed by atoms with Crippen LogP contribution in [0.4, 0.5) is 11.6 Å². The molecule has 0 aliphatic carbocycles. The van der Waals surface area contributed by atoms with Crippen LogP contribution in [-0.4, -0.2) is 59.0 Å². The molecule has 0 amide bonds. The SMILES string of the molecule is CS(=O)CCCNc1nc2ccccc2nc1N1CCOCC1. The van der Waals surface area contributed by atoms with Gasteiger partial charge in [0, 0.05) is 42.4 Å². The molecule has 2 aromatic rings. The summed E-state index contributed by atoms with van der Waals surface area (Å²) in [4.78, 5) is 11.7. The minimum absolute atomic E-state index is 0.695. The maximum absolute atomic E-state index is 11.2. The van der Waals surface area contributed by atoms with Crippen LogP contribution in [0.25, 0.3) is 11.0 Å². The van der Waals surface area contributed by atoms with Gasteiger partial charge in [-0.2, -0.15) is 0 Å². The summed E-state index contributed by atoms with van der Waals surface area (Å²) in [7, 11) is -0.758. The number of hydrogen-bond donors (Lipinski definition) is 1. The number of para-hydroxylation sites is 2. The van der Waals surface area contributed by atoms with Crippen molar-refractivity contribution >= 4 is 33.5 Å². The van der Waals surface area contributed by atoms with Crippen LogP contribution in [0.5, 0.6) is 0 Å². The molecule has 6 nitrogen and oxygen atoms in total. The van der Waals surface area contributed by atoms with E-state index in [2.05, 4.69) is 10.2 Å². The van der Waals surface area contributed by atoms with Gasteiger partial charge in [0.25, 0.3) is 0 Å². The first kappa shape index (κ1) is 16.1. The summed E-state index contributed by atoms with van der Waals surface area (Å²) in [5.74, 6) is 2.37. The summed E-state index contributed by atoms with van der Waals surface area (Å²) in [6.45, 7) is 3.80. The maximum Gasteiger partial charge on any atom is 0.172 e. The Balaban J connectivity index is 1.84. The van der Waals surface area contributed by atoms with Gasteiger partial charge in [0.2, 0.25) is 0 Å². The van der Waals surface area contributed by atoms with Gasteiger partial charge in [0.05, 0.1) is 24.2 Å². The average Bonchev–Trinajstić information content (AvgIpc) is 2.58. The predicted molar refractivity (Wildman–Crippen MR) is 94.6 cm³/mol. The molecule has 3 rings (SSSR count). The molecule has 1 aliphatic rings. The first-order chi connectivity index (χ1) is 11.2. The van der Waals surface area contributed by atoms with Crippen LogP contribution < -0.4 is 10.2 Å². The Morgan fingerprint density at radius 2 is 1.91 bits per heavy atom. The van der Waals surface area contributed by atoms with Crippen molar-refractivity contribution in [1.82, 2.24) is 9.97 Å². The predicted octanol–water partition coefficient (Wildman–Crippen LogP) is 1.65. The van der Waals surface area contributed by atoms with Gasteiger partial charge in [-0.1, -0.05) is 12.1 Å². The van der Waals surface area contributed by atoms with E-state index in [4.69, 9.17) is 14.7 Å². The number of morpholine rings is 1. The Labute approximate surface area is 138 Å². The zero-order valence-corrected chi connectivity index (χ0v) is 14.1. The van der Waals surface area contributed by atoms with Crippen molar-refractivity contribution in [3.63, 3.8) is 0 Å². The topological polar surface area (TPSA) is 67.4 Å². The highest BCUT2D eigenvalue weighted by molar-refractivity contribution is 7.84. The molecule has 1 saturated heterocycles. The Bertz CT molecular complexity index is 689. The fourth-order valence-electron chi connectivity index (χ4n) is 2.59. The van der Waals surface area contributed by atoms with Gasteiger partial charge in [0.15, 0.2) is 11.6 Å². The molecule has 124 valence electrons. The number of rotatable bonds is 6. The number of benzene rings is 1. The highest BCUT2D eigenvalue weighted by atomic mass is 32.2. The van der Waals surface area contributed by atoms with Crippen LogP contribution in [0.1, 0.15) is 6.42 Å². The molecule has 1 unspecified atom stereocenters. The molecule has 2 heterocycles. The third-order valence-corrected chi connectivity index (χ3v) is 4.63. The smallest absolute Gasteiger partial charge is 0.172 e. The second-order valence-corrected chi connectivity index (χ2v) is 7.10. The Hall–Kier alpha value is -1.73. The van der Waals surface area contributed by atoms with E-state index in [0.29, 0.717) is 19.0 Å². The lowest BCUT2D eigenvalue weighted by molar-refractivity contribution is 0.122. The first-order valence-electron chi connectivity index (χ1n) is 7.87. The lowest BCUT2D eigenvalue weighted by Gasteiger charge is -2.29. The zero-order valence-electron chi connectivity index (χ0n) is 13.3. The van der Waals surface area contributed by atoms with E-state index in [1.165, 1.54) is 0 Å². The Morgan fingerprint density at radius 3 is 2.61 bits per heavy atom. The summed E-state index contributed by atoms with van der Waals surface area (Å²) < 4.78 is 16.6. The van der Waals surface area contributed by atoms with Crippen LogP contribution in [-0.2, 0) is 15.5 Å². The van der Waals surface area contributed by atoms with Crippen molar-refractivity contribution in [2.75, 3.05) is 55.1 Å². The fourth-order valence-corrected chi connectivity index (χ4v) is 3.14. The molecule has 0 spiro atoms. The van der Waals surface area contributed by atoms with Gasteiger partial charge >= 0.3 is 0 Å². The van der Waals surface area contributed by atoms with Crippen LogP contribution >= 0.6 is 0 Å². The van der Waals surface area contributed by atoms with Crippen molar-refractivity contribution in [3.8, 4) is 0 Å².